The van der Waals surface area contributed by atoms with E-state index in [2.05, 4.69) is 0 Å². The van der Waals surface area contributed by atoms with Gasteiger partial charge in [-0.05, 0) is 18.9 Å². The maximum atomic E-state index is 9.19. The van der Waals surface area contributed by atoms with Gasteiger partial charge in [0.05, 0.1) is 24.3 Å². The van der Waals surface area contributed by atoms with Crippen LogP contribution in [0, 0.1) is 0 Å². The van der Waals surface area contributed by atoms with E-state index in [9.17, 15) is 5.11 Å². The summed E-state index contributed by atoms with van der Waals surface area (Å²) in [6.07, 6.45) is 3.43. The van der Waals surface area contributed by atoms with Crippen molar-refractivity contribution < 1.29 is 14.6 Å². The van der Waals surface area contributed by atoms with Gasteiger partial charge in [0.1, 0.15) is 5.75 Å². The largest absolute Gasteiger partial charge is 0.492 e. The number of ether oxygens (including phenoxy) is 2. The first-order chi connectivity index (χ1) is 8.31. The van der Waals surface area contributed by atoms with Gasteiger partial charge in [-0.3, -0.25) is 0 Å². The van der Waals surface area contributed by atoms with E-state index in [1.54, 1.807) is 12.1 Å². The minimum atomic E-state index is -0.0597. The summed E-state index contributed by atoms with van der Waals surface area (Å²) < 4.78 is 11.2. The van der Waals surface area contributed by atoms with Crippen molar-refractivity contribution in [3.63, 3.8) is 0 Å². The van der Waals surface area contributed by atoms with Gasteiger partial charge in [0.15, 0.2) is 0 Å². The average molecular weight is 257 g/mol. The van der Waals surface area contributed by atoms with Gasteiger partial charge < -0.3 is 14.6 Å². The lowest BCUT2D eigenvalue weighted by atomic mass is 10.2. The third-order valence-corrected chi connectivity index (χ3v) is 3.23. The molecule has 0 aliphatic carbocycles. The van der Waals surface area contributed by atoms with Crippen LogP contribution >= 0.6 is 11.6 Å². The lowest BCUT2D eigenvalue weighted by Gasteiger charge is -2.14. The van der Waals surface area contributed by atoms with Crippen LogP contribution in [0.5, 0.6) is 5.75 Å². The zero-order chi connectivity index (χ0) is 12.1. The Balaban J connectivity index is 1.89. The standard InChI is InChI=1S/C13H17ClO3/c14-12-5-1-3-10(9-15)13(12)17-8-6-11-4-2-7-16-11/h1,3,5,11,15H,2,4,6-9H2. The third kappa shape index (κ3) is 3.35. The summed E-state index contributed by atoms with van der Waals surface area (Å²) >= 11 is 6.04. The van der Waals surface area contributed by atoms with E-state index in [0.29, 0.717) is 23.5 Å². The van der Waals surface area contributed by atoms with E-state index in [4.69, 9.17) is 21.1 Å². The molecule has 1 aliphatic heterocycles. The Hall–Kier alpha value is -0.770. The Morgan fingerprint density at radius 2 is 2.35 bits per heavy atom. The van der Waals surface area contributed by atoms with E-state index >= 15 is 0 Å². The van der Waals surface area contributed by atoms with Crippen molar-refractivity contribution in [3.05, 3.63) is 28.8 Å². The molecule has 0 bridgehead atoms. The minimum Gasteiger partial charge on any atom is -0.492 e. The Labute approximate surface area is 106 Å². The van der Waals surface area contributed by atoms with E-state index in [1.807, 2.05) is 6.07 Å². The number of hydrogen-bond donors (Lipinski definition) is 1. The summed E-state index contributed by atoms with van der Waals surface area (Å²) in [4.78, 5) is 0. The Bertz CT molecular complexity index is 362. The van der Waals surface area contributed by atoms with Crippen molar-refractivity contribution in [3.8, 4) is 5.75 Å². The van der Waals surface area contributed by atoms with Crippen molar-refractivity contribution in [2.45, 2.75) is 32.0 Å². The van der Waals surface area contributed by atoms with Crippen LogP contribution in [0.1, 0.15) is 24.8 Å². The van der Waals surface area contributed by atoms with Gasteiger partial charge in [-0.2, -0.15) is 0 Å². The van der Waals surface area contributed by atoms with Gasteiger partial charge in [-0.1, -0.05) is 23.7 Å². The number of para-hydroxylation sites is 1. The highest BCUT2D eigenvalue weighted by atomic mass is 35.5. The smallest absolute Gasteiger partial charge is 0.143 e. The highest BCUT2D eigenvalue weighted by Crippen LogP contribution is 2.29. The molecule has 94 valence electrons. The van der Waals surface area contributed by atoms with E-state index in [-0.39, 0.29) is 6.61 Å². The molecule has 2 rings (SSSR count). The molecule has 1 aromatic rings. The van der Waals surface area contributed by atoms with Crippen molar-refractivity contribution in [2.75, 3.05) is 13.2 Å². The van der Waals surface area contributed by atoms with Crippen LogP contribution in [-0.4, -0.2) is 24.4 Å². The summed E-state index contributed by atoms with van der Waals surface area (Å²) in [6, 6.07) is 5.39. The van der Waals surface area contributed by atoms with Gasteiger partial charge in [-0.25, -0.2) is 0 Å². The number of benzene rings is 1. The average Bonchev–Trinajstić information content (AvgIpc) is 2.84. The fourth-order valence-electron chi connectivity index (χ4n) is 2.00. The van der Waals surface area contributed by atoms with Crippen molar-refractivity contribution in [1.29, 1.82) is 0 Å². The van der Waals surface area contributed by atoms with E-state index < -0.39 is 0 Å². The zero-order valence-electron chi connectivity index (χ0n) is 9.69. The molecule has 1 atom stereocenters. The van der Waals surface area contributed by atoms with Crippen molar-refractivity contribution in [2.24, 2.45) is 0 Å². The molecular weight excluding hydrogens is 240 g/mol. The topological polar surface area (TPSA) is 38.7 Å². The molecule has 1 fully saturated rings. The van der Waals surface area contributed by atoms with Crippen LogP contribution < -0.4 is 4.74 Å². The molecule has 3 nitrogen and oxygen atoms in total. The molecule has 4 heteroatoms. The van der Waals surface area contributed by atoms with Crippen LogP contribution in [0.25, 0.3) is 0 Å². The Morgan fingerprint density at radius 1 is 1.47 bits per heavy atom. The molecular formula is C13H17ClO3. The fraction of sp³-hybridized carbons (Fsp3) is 0.538. The first-order valence-electron chi connectivity index (χ1n) is 5.94. The predicted octanol–water partition coefficient (Wildman–Crippen LogP) is 2.78. The van der Waals surface area contributed by atoms with Gasteiger partial charge in [-0.15, -0.1) is 0 Å². The Morgan fingerprint density at radius 3 is 3.06 bits per heavy atom. The monoisotopic (exact) mass is 256 g/mol. The molecule has 0 saturated carbocycles. The van der Waals surface area contributed by atoms with Gasteiger partial charge in [0.2, 0.25) is 0 Å². The van der Waals surface area contributed by atoms with Crippen LogP contribution in [-0.2, 0) is 11.3 Å². The van der Waals surface area contributed by atoms with E-state index in [1.165, 1.54) is 0 Å². The highest BCUT2D eigenvalue weighted by Gasteiger charge is 2.16. The number of aliphatic hydroxyl groups is 1. The molecule has 1 heterocycles. The number of rotatable bonds is 5. The quantitative estimate of drug-likeness (QED) is 0.881. The first kappa shape index (κ1) is 12.7. The summed E-state index contributed by atoms with van der Waals surface area (Å²) in [5.41, 5.74) is 0.727. The molecule has 17 heavy (non-hydrogen) atoms. The molecule has 1 N–H and O–H groups in total. The lowest BCUT2D eigenvalue weighted by Crippen LogP contribution is -2.11. The highest BCUT2D eigenvalue weighted by molar-refractivity contribution is 6.32. The molecule has 1 aromatic carbocycles. The van der Waals surface area contributed by atoms with Gasteiger partial charge >= 0.3 is 0 Å². The maximum Gasteiger partial charge on any atom is 0.143 e. The fourth-order valence-corrected chi connectivity index (χ4v) is 2.25. The second kappa shape index (κ2) is 6.24. The number of hydrogen-bond acceptors (Lipinski definition) is 3. The van der Waals surface area contributed by atoms with Crippen LogP contribution in [0.2, 0.25) is 5.02 Å². The Kier molecular flexibility index (Phi) is 4.66. The molecule has 0 aromatic heterocycles. The second-order valence-corrected chi connectivity index (χ2v) is 4.57. The summed E-state index contributed by atoms with van der Waals surface area (Å²) in [5, 5.41) is 9.74. The summed E-state index contributed by atoms with van der Waals surface area (Å²) in [7, 11) is 0. The first-order valence-corrected chi connectivity index (χ1v) is 6.31. The van der Waals surface area contributed by atoms with Gasteiger partial charge in [0, 0.05) is 18.6 Å². The summed E-state index contributed by atoms with van der Waals surface area (Å²) in [6.45, 7) is 1.37. The number of aliphatic hydroxyl groups excluding tert-OH is 1. The predicted molar refractivity (Wildman–Crippen MR) is 66.5 cm³/mol. The van der Waals surface area contributed by atoms with Gasteiger partial charge in [0.25, 0.3) is 0 Å². The van der Waals surface area contributed by atoms with Crippen LogP contribution in [0.3, 0.4) is 0 Å². The third-order valence-electron chi connectivity index (χ3n) is 2.93. The van der Waals surface area contributed by atoms with Crippen molar-refractivity contribution >= 4 is 11.6 Å². The van der Waals surface area contributed by atoms with Crippen LogP contribution in [0.15, 0.2) is 18.2 Å². The number of halogens is 1. The molecule has 0 radical (unpaired) electrons. The molecule has 1 aliphatic rings. The molecule has 1 unspecified atom stereocenters. The van der Waals surface area contributed by atoms with Crippen molar-refractivity contribution in [1.82, 2.24) is 0 Å². The maximum absolute atomic E-state index is 9.19. The zero-order valence-corrected chi connectivity index (χ0v) is 10.4. The van der Waals surface area contributed by atoms with E-state index in [0.717, 1.165) is 31.4 Å². The summed E-state index contributed by atoms with van der Waals surface area (Å²) in [5.74, 6) is 0.592. The minimum absolute atomic E-state index is 0.0597. The second-order valence-electron chi connectivity index (χ2n) is 4.16. The molecule has 0 spiro atoms. The van der Waals surface area contributed by atoms with Crippen LogP contribution in [0.4, 0.5) is 0 Å². The normalized spacial score (nSPS) is 19.5. The molecule has 1 saturated heterocycles. The lowest BCUT2D eigenvalue weighted by molar-refractivity contribution is 0.0900. The SMILES string of the molecule is OCc1cccc(Cl)c1OCCC1CCCO1. The molecule has 0 amide bonds.